The van der Waals surface area contributed by atoms with Crippen LogP contribution in [0.1, 0.15) is 38.4 Å². The van der Waals surface area contributed by atoms with E-state index in [1.807, 2.05) is 6.92 Å². The summed E-state index contributed by atoms with van der Waals surface area (Å²) in [5, 5.41) is 7.15. The molecule has 1 fully saturated rings. The Morgan fingerprint density at radius 3 is 2.71 bits per heavy atom. The Balaban J connectivity index is 1.74. The van der Waals surface area contributed by atoms with Crippen molar-refractivity contribution in [2.75, 3.05) is 0 Å². The lowest BCUT2D eigenvalue weighted by atomic mass is 9.68. The van der Waals surface area contributed by atoms with Crippen molar-refractivity contribution in [3.63, 3.8) is 0 Å². The SMILES string of the molecule is Cc1noc(CNC2CC(C)(C)C2)n1. The minimum absolute atomic E-state index is 0.516. The average molecular weight is 195 g/mol. The van der Waals surface area contributed by atoms with E-state index in [2.05, 4.69) is 29.3 Å². The first-order valence-electron chi connectivity index (χ1n) is 5.08. The smallest absolute Gasteiger partial charge is 0.240 e. The molecule has 4 nitrogen and oxygen atoms in total. The molecule has 4 heteroatoms. The molecular formula is C10H17N3O. The van der Waals surface area contributed by atoms with Crippen LogP contribution in [-0.2, 0) is 6.54 Å². The van der Waals surface area contributed by atoms with E-state index >= 15 is 0 Å². The van der Waals surface area contributed by atoms with Gasteiger partial charge in [0.25, 0.3) is 0 Å². The molecule has 0 aliphatic heterocycles. The zero-order valence-corrected chi connectivity index (χ0v) is 9.00. The van der Waals surface area contributed by atoms with Crippen LogP contribution in [0, 0.1) is 12.3 Å². The van der Waals surface area contributed by atoms with E-state index in [1.54, 1.807) is 0 Å². The Morgan fingerprint density at radius 2 is 2.21 bits per heavy atom. The van der Waals surface area contributed by atoms with Crippen molar-refractivity contribution in [3.05, 3.63) is 11.7 Å². The highest BCUT2D eigenvalue weighted by atomic mass is 16.5. The van der Waals surface area contributed by atoms with E-state index in [0.29, 0.717) is 29.7 Å². The summed E-state index contributed by atoms with van der Waals surface area (Å²) in [7, 11) is 0. The summed E-state index contributed by atoms with van der Waals surface area (Å²) in [6.45, 7) is 7.12. The molecule has 0 atom stereocenters. The largest absolute Gasteiger partial charge is 0.338 e. The van der Waals surface area contributed by atoms with Gasteiger partial charge in [-0.05, 0) is 25.2 Å². The van der Waals surface area contributed by atoms with Gasteiger partial charge in [-0.3, -0.25) is 0 Å². The van der Waals surface area contributed by atoms with E-state index in [-0.39, 0.29) is 0 Å². The molecule has 0 radical (unpaired) electrons. The van der Waals surface area contributed by atoms with Crippen LogP contribution in [-0.4, -0.2) is 16.2 Å². The van der Waals surface area contributed by atoms with E-state index in [0.717, 1.165) is 0 Å². The van der Waals surface area contributed by atoms with Gasteiger partial charge >= 0.3 is 0 Å². The molecule has 1 heterocycles. The highest BCUT2D eigenvalue weighted by molar-refractivity contribution is 4.92. The van der Waals surface area contributed by atoms with Crippen molar-refractivity contribution >= 4 is 0 Å². The summed E-state index contributed by atoms with van der Waals surface area (Å²) in [5.74, 6) is 1.39. The van der Waals surface area contributed by atoms with Crippen molar-refractivity contribution in [1.82, 2.24) is 15.5 Å². The van der Waals surface area contributed by atoms with Crippen molar-refractivity contribution in [2.24, 2.45) is 5.41 Å². The Hall–Kier alpha value is -0.900. The summed E-state index contributed by atoms with van der Waals surface area (Å²) in [5.41, 5.74) is 0.516. The molecule has 2 rings (SSSR count). The molecule has 0 aromatic carbocycles. The first kappa shape index (κ1) is 9.65. The van der Waals surface area contributed by atoms with Crippen molar-refractivity contribution < 1.29 is 4.52 Å². The first-order chi connectivity index (χ1) is 6.55. The van der Waals surface area contributed by atoms with Crippen molar-refractivity contribution in [3.8, 4) is 0 Å². The van der Waals surface area contributed by atoms with Gasteiger partial charge in [0.15, 0.2) is 5.82 Å². The Labute approximate surface area is 84.1 Å². The molecule has 14 heavy (non-hydrogen) atoms. The van der Waals surface area contributed by atoms with Crippen LogP contribution in [0.25, 0.3) is 0 Å². The normalized spacial score (nSPS) is 20.8. The summed E-state index contributed by atoms with van der Waals surface area (Å²) >= 11 is 0. The second kappa shape index (κ2) is 3.35. The monoisotopic (exact) mass is 195 g/mol. The van der Waals surface area contributed by atoms with Crippen LogP contribution in [0.5, 0.6) is 0 Å². The number of nitrogens with one attached hydrogen (secondary N) is 1. The van der Waals surface area contributed by atoms with Crippen LogP contribution in [0.3, 0.4) is 0 Å². The minimum atomic E-state index is 0.516. The van der Waals surface area contributed by atoms with Gasteiger partial charge in [-0.25, -0.2) is 0 Å². The minimum Gasteiger partial charge on any atom is -0.338 e. The lowest BCUT2D eigenvalue weighted by molar-refractivity contribution is 0.122. The number of hydrogen-bond donors (Lipinski definition) is 1. The second-order valence-electron chi connectivity index (χ2n) is 4.89. The molecule has 1 aliphatic carbocycles. The van der Waals surface area contributed by atoms with Crippen LogP contribution in [0.15, 0.2) is 4.52 Å². The van der Waals surface area contributed by atoms with Crippen molar-refractivity contribution in [2.45, 2.75) is 46.2 Å². The number of nitrogens with zero attached hydrogens (tertiary/aromatic N) is 2. The number of hydrogen-bond acceptors (Lipinski definition) is 4. The molecule has 1 aromatic rings. The van der Waals surface area contributed by atoms with Gasteiger partial charge in [-0.2, -0.15) is 4.98 Å². The molecule has 1 aromatic heterocycles. The highest BCUT2D eigenvalue weighted by Crippen LogP contribution is 2.39. The van der Waals surface area contributed by atoms with Gasteiger partial charge in [0.2, 0.25) is 5.89 Å². The van der Waals surface area contributed by atoms with Gasteiger partial charge in [0.1, 0.15) is 0 Å². The van der Waals surface area contributed by atoms with Gasteiger partial charge < -0.3 is 9.84 Å². The molecular weight excluding hydrogens is 178 g/mol. The van der Waals surface area contributed by atoms with Gasteiger partial charge in [-0.1, -0.05) is 19.0 Å². The van der Waals surface area contributed by atoms with Gasteiger partial charge in [-0.15, -0.1) is 0 Å². The molecule has 0 bridgehead atoms. The van der Waals surface area contributed by atoms with E-state index in [9.17, 15) is 0 Å². The Morgan fingerprint density at radius 1 is 1.50 bits per heavy atom. The van der Waals surface area contributed by atoms with Gasteiger partial charge in [0.05, 0.1) is 6.54 Å². The molecule has 0 unspecified atom stereocenters. The van der Waals surface area contributed by atoms with E-state index < -0.39 is 0 Å². The standard InChI is InChI=1S/C10H17N3O/c1-7-12-9(14-13-7)6-11-8-4-10(2,3)5-8/h8,11H,4-6H2,1-3H3. The van der Waals surface area contributed by atoms with Crippen LogP contribution in [0.4, 0.5) is 0 Å². The van der Waals surface area contributed by atoms with Crippen LogP contribution >= 0.6 is 0 Å². The first-order valence-corrected chi connectivity index (χ1v) is 5.08. The number of aromatic nitrogens is 2. The molecule has 1 saturated carbocycles. The maximum absolute atomic E-state index is 5.01. The molecule has 0 amide bonds. The quantitative estimate of drug-likeness (QED) is 0.796. The molecule has 0 spiro atoms. The topological polar surface area (TPSA) is 51.0 Å². The zero-order valence-electron chi connectivity index (χ0n) is 9.00. The van der Waals surface area contributed by atoms with Crippen LogP contribution < -0.4 is 5.32 Å². The number of rotatable bonds is 3. The molecule has 1 N–H and O–H groups in total. The predicted octanol–water partition coefficient (Wildman–Crippen LogP) is 1.66. The van der Waals surface area contributed by atoms with E-state index in [4.69, 9.17) is 4.52 Å². The fourth-order valence-electron chi connectivity index (χ4n) is 2.06. The molecule has 1 aliphatic rings. The summed E-state index contributed by atoms with van der Waals surface area (Å²) in [4.78, 5) is 4.14. The van der Waals surface area contributed by atoms with Gasteiger partial charge in [0, 0.05) is 6.04 Å². The third-order valence-corrected chi connectivity index (χ3v) is 2.71. The maximum Gasteiger partial charge on any atom is 0.240 e. The predicted molar refractivity (Wildman–Crippen MR) is 52.7 cm³/mol. The Bertz CT molecular complexity index is 311. The zero-order chi connectivity index (χ0) is 10.2. The fraction of sp³-hybridized carbons (Fsp3) is 0.800. The summed E-state index contributed by atoms with van der Waals surface area (Å²) < 4.78 is 5.01. The fourth-order valence-corrected chi connectivity index (χ4v) is 2.06. The molecule has 78 valence electrons. The lowest BCUT2D eigenvalue weighted by Crippen LogP contribution is -2.45. The Kier molecular flexibility index (Phi) is 2.31. The van der Waals surface area contributed by atoms with Crippen molar-refractivity contribution in [1.29, 1.82) is 0 Å². The summed E-state index contributed by atoms with van der Waals surface area (Å²) in [6, 6.07) is 0.622. The van der Waals surface area contributed by atoms with Crippen LogP contribution in [0.2, 0.25) is 0 Å². The third kappa shape index (κ3) is 2.12. The number of aryl methyl sites for hydroxylation is 1. The lowest BCUT2D eigenvalue weighted by Gasteiger charge is -2.42. The molecule has 0 saturated heterocycles. The van der Waals surface area contributed by atoms with E-state index in [1.165, 1.54) is 12.8 Å². The average Bonchev–Trinajstić information content (AvgIpc) is 2.44. The maximum atomic E-state index is 5.01. The third-order valence-electron chi connectivity index (χ3n) is 2.71. The second-order valence-corrected chi connectivity index (χ2v) is 4.89. The summed E-state index contributed by atoms with van der Waals surface area (Å²) in [6.07, 6.45) is 2.47. The highest BCUT2D eigenvalue weighted by Gasteiger charge is 2.35.